The summed E-state index contributed by atoms with van der Waals surface area (Å²) in [6.07, 6.45) is 5.52. The Morgan fingerprint density at radius 1 is 1.33 bits per heavy atom. The summed E-state index contributed by atoms with van der Waals surface area (Å²) in [6.45, 7) is 0.672. The highest BCUT2D eigenvalue weighted by molar-refractivity contribution is 6.03. The summed E-state index contributed by atoms with van der Waals surface area (Å²) >= 11 is 0. The van der Waals surface area contributed by atoms with E-state index in [-0.39, 0.29) is 18.7 Å². The third kappa shape index (κ3) is 1.58. The first kappa shape index (κ1) is 14.2. The number of rotatable bonds is 1. The van der Waals surface area contributed by atoms with E-state index in [1.165, 1.54) is 0 Å². The van der Waals surface area contributed by atoms with Crippen LogP contribution in [-0.2, 0) is 10.3 Å². The van der Waals surface area contributed by atoms with Crippen LogP contribution in [0.1, 0.15) is 22.3 Å². The molecule has 3 atom stereocenters. The molecule has 6 nitrogen and oxygen atoms in total. The highest BCUT2D eigenvalue weighted by atomic mass is 16.7. The van der Waals surface area contributed by atoms with Gasteiger partial charge >= 0.3 is 0 Å². The van der Waals surface area contributed by atoms with Crippen molar-refractivity contribution in [3.8, 4) is 11.5 Å². The molecule has 3 aliphatic heterocycles. The number of hydrogen-bond donors (Lipinski definition) is 1. The summed E-state index contributed by atoms with van der Waals surface area (Å²) in [5, 5.41) is 10.6. The van der Waals surface area contributed by atoms with Gasteiger partial charge in [-0.05, 0) is 23.3 Å². The molecule has 0 fully saturated rings. The SMILES string of the molecule is COC1C=CC2=CCN3C(O)C(=O)c4cc5c(cc4C23C1)OCO5. The highest BCUT2D eigenvalue weighted by Gasteiger charge is 2.56. The van der Waals surface area contributed by atoms with Crippen LogP contribution >= 0.6 is 0 Å². The van der Waals surface area contributed by atoms with Crippen LogP contribution in [0.25, 0.3) is 0 Å². The Morgan fingerprint density at radius 3 is 2.92 bits per heavy atom. The number of nitrogens with zero attached hydrogens (tertiary/aromatic N) is 1. The van der Waals surface area contributed by atoms with Gasteiger partial charge in [-0.15, -0.1) is 0 Å². The van der Waals surface area contributed by atoms with Gasteiger partial charge in [-0.2, -0.15) is 0 Å². The van der Waals surface area contributed by atoms with Gasteiger partial charge in [-0.25, -0.2) is 0 Å². The van der Waals surface area contributed by atoms with E-state index in [1.54, 1.807) is 13.2 Å². The van der Waals surface area contributed by atoms with Crippen LogP contribution in [-0.4, -0.2) is 48.6 Å². The minimum atomic E-state index is -1.17. The van der Waals surface area contributed by atoms with E-state index in [4.69, 9.17) is 14.2 Å². The molecule has 1 aromatic rings. The van der Waals surface area contributed by atoms with Gasteiger partial charge < -0.3 is 19.3 Å². The molecule has 1 N–H and O–H groups in total. The number of carbonyl (C=O) groups is 1. The second kappa shape index (κ2) is 4.69. The van der Waals surface area contributed by atoms with Crippen molar-refractivity contribution in [1.29, 1.82) is 0 Å². The number of fused-ring (bicyclic) bond motifs is 2. The molecule has 3 unspecified atom stereocenters. The van der Waals surface area contributed by atoms with Crippen molar-refractivity contribution < 1.29 is 24.1 Å². The number of Topliss-reactive ketones (excluding diaryl/α,β-unsaturated/α-hetero) is 1. The van der Waals surface area contributed by atoms with Crippen molar-refractivity contribution in [2.75, 3.05) is 20.4 Å². The molecular formula is C18H17NO5. The van der Waals surface area contributed by atoms with Crippen LogP contribution in [0.15, 0.2) is 35.9 Å². The second-order valence-corrected chi connectivity index (χ2v) is 6.50. The molecule has 24 heavy (non-hydrogen) atoms. The molecule has 0 saturated carbocycles. The highest BCUT2D eigenvalue weighted by Crippen LogP contribution is 2.53. The molecule has 4 aliphatic rings. The molecule has 0 saturated heterocycles. The van der Waals surface area contributed by atoms with Crippen molar-refractivity contribution in [1.82, 2.24) is 4.90 Å². The fourth-order valence-electron chi connectivity index (χ4n) is 4.36. The summed E-state index contributed by atoms with van der Waals surface area (Å²) in [4.78, 5) is 14.6. The van der Waals surface area contributed by atoms with Crippen molar-refractivity contribution in [2.24, 2.45) is 0 Å². The molecule has 0 radical (unpaired) electrons. The van der Waals surface area contributed by atoms with Crippen molar-refractivity contribution >= 4 is 5.78 Å². The number of aliphatic hydroxyl groups is 1. The normalized spacial score (nSPS) is 33.1. The van der Waals surface area contributed by atoms with E-state index < -0.39 is 11.8 Å². The average molecular weight is 327 g/mol. The summed E-state index contributed by atoms with van der Waals surface area (Å²) in [5.74, 6) is 0.895. The first-order valence-corrected chi connectivity index (χ1v) is 8.00. The van der Waals surface area contributed by atoms with E-state index in [2.05, 4.69) is 6.08 Å². The van der Waals surface area contributed by atoms with E-state index in [1.807, 2.05) is 23.1 Å². The maximum absolute atomic E-state index is 12.7. The minimum absolute atomic E-state index is 0.0820. The molecule has 0 bridgehead atoms. The molecule has 1 spiro atoms. The van der Waals surface area contributed by atoms with Crippen molar-refractivity contribution in [3.05, 3.63) is 47.1 Å². The summed E-state index contributed by atoms with van der Waals surface area (Å²) in [5.41, 5.74) is 1.87. The topological polar surface area (TPSA) is 68.2 Å². The van der Waals surface area contributed by atoms with Crippen LogP contribution in [0.4, 0.5) is 0 Å². The zero-order valence-electron chi connectivity index (χ0n) is 13.2. The Labute approximate surface area is 138 Å². The molecule has 3 heterocycles. The van der Waals surface area contributed by atoms with Gasteiger partial charge in [0.25, 0.3) is 0 Å². The van der Waals surface area contributed by atoms with Crippen LogP contribution in [0.2, 0.25) is 0 Å². The Morgan fingerprint density at radius 2 is 2.12 bits per heavy atom. The van der Waals surface area contributed by atoms with Crippen molar-refractivity contribution in [2.45, 2.75) is 24.3 Å². The third-order valence-electron chi connectivity index (χ3n) is 5.52. The number of methoxy groups -OCH3 is 1. The van der Waals surface area contributed by atoms with E-state index >= 15 is 0 Å². The first-order valence-electron chi connectivity index (χ1n) is 8.00. The van der Waals surface area contributed by atoms with E-state index in [0.29, 0.717) is 30.0 Å². The lowest BCUT2D eigenvalue weighted by atomic mass is 9.70. The molecule has 6 heteroatoms. The average Bonchev–Trinajstić information content (AvgIpc) is 3.22. The lowest BCUT2D eigenvalue weighted by Crippen LogP contribution is -2.58. The van der Waals surface area contributed by atoms with Gasteiger partial charge in [-0.1, -0.05) is 18.2 Å². The van der Waals surface area contributed by atoms with Gasteiger partial charge in [0.15, 0.2) is 17.7 Å². The van der Waals surface area contributed by atoms with Gasteiger partial charge in [0.2, 0.25) is 12.6 Å². The molecule has 1 aromatic carbocycles. The largest absolute Gasteiger partial charge is 0.454 e. The van der Waals surface area contributed by atoms with Crippen LogP contribution in [0.3, 0.4) is 0 Å². The maximum atomic E-state index is 12.7. The summed E-state index contributed by atoms with van der Waals surface area (Å²) in [6, 6.07) is 3.59. The van der Waals surface area contributed by atoms with Gasteiger partial charge in [0.1, 0.15) is 0 Å². The molecule has 0 aromatic heterocycles. The Balaban J connectivity index is 1.78. The molecule has 124 valence electrons. The Hall–Kier alpha value is -2.15. The summed E-state index contributed by atoms with van der Waals surface area (Å²) < 4.78 is 16.5. The molecular weight excluding hydrogens is 310 g/mol. The zero-order chi connectivity index (χ0) is 16.5. The zero-order valence-corrected chi connectivity index (χ0v) is 13.2. The number of hydrogen-bond acceptors (Lipinski definition) is 6. The van der Waals surface area contributed by atoms with Crippen LogP contribution < -0.4 is 9.47 Å². The monoisotopic (exact) mass is 327 g/mol. The quantitative estimate of drug-likeness (QED) is 0.840. The first-order chi connectivity index (χ1) is 11.6. The number of carbonyl (C=O) groups excluding carboxylic acids is 1. The standard InChI is InChI=1S/C18H17NO5/c1-22-11-3-2-10-4-5-19-17(21)16(20)12-6-14-15(24-9-23-14)7-13(12)18(10,19)8-11/h2-4,6-7,11,17,21H,5,8-9H2,1H3. The maximum Gasteiger partial charge on any atom is 0.231 e. The fourth-order valence-corrected chi connectivity index (χ4v) is 4.36. The third-order valence-corrected chi connectivity index (χ3v) is 5.52. The predicted molar refractivity (Wildman–Crippen MR) is 83.9 cm³/mol. The number of ketones is 1. The van der Waals surface area contributed by atoms with E-state index in [9.17, 15) is 9.90 Å². The molecule has 1 aliphatic carbocycles. The Kier molecular flexibility index (Phi) is 2.78. The van der Waals surface area contributed by atoms with Crippen LogP contribution in [0, 0.1) is 0 Å². The smallest absolute Gasteiger partial charge is 0.231 e. The van der Waals surface area contributed by atoms with Crippen molar-refractivity contribution in [3.63, 3.8) is 0 Å². The fraction of sp³-hybridized carbons (Fsp3) is 0.389. The summed E-state index contributed by atoms with van der Waals surface area (Å²) in [7, 11) is 1.67. The second-order valence-electron chi connectivity index (χ2n) is 6.50. The number of aliphatic hydroxyl groups excluding tert-OH is 1. The lowest BCUT2D eigenvalue weighted by Gasteiger charge is -2.49. The van der Waals surface area contributed by atoms with E-state index in [0.717, 1.165) is 11.1 Å². The lowest BCUT2D eigenvalue weighted by molar-refractivity contribution is -0.0487. The Bertz CT molecular complexity index is 814. The predicted octanol–water partition coefficient (Wildman–Crippen LogP) is 1.34. The van der Waals surface area contributed by atoms with Gasteiger partial charge in [0, 0.05) is 25.6 Å². The number of ether oxygens (including phenoxy) is 3. The van der Waals surface area contributed by atoms with Gasteiger partial charge in [-0.3, -0.25) is 9.69 Å². The number of benzene rings is 1. The molecule has 5 rings (SSSR count). The molecule has 0 amide bonds. The van der Waals surface area contributed by atoms with Gasteiger partial charge in [0.05, 0.1) is 11.6 Å². The van der Waals surface area contributed by atoms with Crippen LogP contribution in [0.5, 0.6) is 11.5 Å². The minimum Gasteiger partial charge on any atom is -0.454 e.